The normalized spacial score (nSPS) is 12.0. The zero-order valence-corrected chi connectivity index (χ0v) is 19.0. The van der Waals surface area contributed by atoms with Crippen LogP contribution in [0.3, 0.4) is 0 Å². The second kappa shape index (κ2) is 11.4. The van der Waals surface area contributed by atoms with E-state index in [2.05, 4.69) is 21.4 Å². The van der Waals surface area contributed by atoms with Gasteiger partial charge < -0.3 is 9.05 Å². The summed E-state index contributed by atoms with van der Waals surface area (Å²) in [5.74, 6) is -0.491. The van der Waals surface area contributed by atoms with E-state index in [9.17, 15) is 19.5 Å². The molecule has 0 radical (unpaired) electrons. The minimum Gasteiger partial charge on any atom is -0.300 e. The number of rotatable bonds is 9. The van der Waals surface area contributed by atoms with Crippen molar-refractivity contribution < 1.29 is 23.3 Å². The molecule has 32 heavy (non-hydrogen) atoms. The lowest BCUT2D eigenvalue weighted by Crippen LogP contribution is -2.42. The van der Waals surface area contributed by atoms with Crippen molar-refractivity contribution in [2.45, 2.75) is 39.9 Å². The summed E-state index contributed by atoms with van der Waals surface area (Å²) in [6, 6.07) is 13.8. The summed E-state index contributed by atoms with van der Waals surface area (Å²) >= 11 is 0. The summed E-state index contributed by atoms with van der Waals surface area (Å²) in [5.41, 5.74) is 7.98. The van der Waals surface area contributed by atoms with Crippen LogP contribution in [-0.2, 0) is 13.6 Å². The van der Waals surface area contributed by atoms with Crippen LogP contribution in [0.1, 0.15) is 38.1 Å². The van der Waals surface area contributed by atoms with Gasteiger partial charge in [0.05, 0.1) is 22.8 Å². The van der Waals surface area contributed by atoms with Crippen molar-refractivity contribution in [3.8, 4) is 0 Å². The first-order valence-electron chi connectivity index (χ1n) is 9.77. The average Bonchev–Trinajstić information content (AvgIpc) is 2.73. The number of nitrogens with one attached hydrogen (secondary N) is 3. The summed E-state index contributed by atoms with van der Waals surface area (Å²) in [7, 11) is -4.00. The van der Waals surface area contributed by atoms with Crippen molar-refractivity contribution >= 4 is 30.5 Å². The van der Waals surface area contributed by atoms with Crippen molar-refractivity contribution in [2.75, 3.05) is 5.43 Å². The number of amides is 1. The van der Waals surface area contributed by atoms with Crippen LogP contribution in [0.5, 0.6) is 0 Å². The minimum atomic E-state index is -4.00. The second-order valence-electron chi connectivity index (χ2n) is 7.10. The smallest absolute Gasteiger partial charge is 0.300 e. The zero-order chi connectivity index (χ0) is 23.7. The predicted octanol–water partition coefficient (Wildman–Crippen LogP) is 4.26. The number of nitrogens with zero attached hydrogens (tertiary/aromatic N) is 2. The number of non-ortho nitro benzene ring substituents is 1. The van der Waals surface area contributed by atoms with Gasteiger partial charge in [-0.25, -0.2) is 0 Å². The zero-order valence-electron chi connectivity index (χ0n) is 18.1. The Labute approximate surface area is 185 Å². The standard InChI is InChI=1S/C20H26N5O6P/c1-14(2)30-32(29,31-15(3)4)20(24-22-19(26)16-8-6-5-7-9-16)23-21-17-10-12-18(13-11-17)25(27)28/h5-15,21H,1-4H3,(H,22,26)(H,23,24). The van der Waals surface area contributed by atoms with Crippen LogP contribution in [0, 0.1) is 10.1 Å². The van der Waals surface area contributed by atoms with Gasteiger partial charge in [0, 0.05) is 17.7 Å². The van der Waals surface area contributed by atoms with E-state index in [1.54, 1.807) is 58.0 Å². The van der Waals surface area contributed by atoms with E-state index in [1.165, 1.54) is 24.3 Å². The Kier molecular flexibility index (Phi) is 8.89. The molecule has 0 saturated heterocycles. The number of benzene rings is 2. The van der Waals surface area contributed by atoms with Gasteiger partial charge in [0.25, 0.3) is 17.2 Å². The number of hydrogen-bond acceptors (Lipinski definition) is 8. The van der Waals surface area contributed by atoms with Gasteiger partial charge in [0.1, 0.15) is 0 Å². The molecule has 0 aliphatic carbocycles. The van der Waals surface area contributed by atoms with Crippen molar-refractivity contribution in [1.82, 2.24) is 10.9 Å². The molecule has 0 unspecified atom stereocenters. The molecule has 0 atom stereocenters. The average molecular weight is 463 g/mol. The number of hydrogen-bond donors (Lipinski definition) is 3. The van der Waals surface area contributed by atoms with Crippen LogP contribution in [0.15, 0.2) is 59.7 Å². The highest BCUT2D eigenvalue weighted by atomic mass is 31.2. The van der Waals surface area contributed by atoms with Crippen LogP contribution >= 0.6 is 7.60 Å². The Morgan fingerprint density at radius 2 is 1.53 bits per heavy atom. The highest BCUT2D eigenvalue weighted by Gasteiger charge is 2.36. The Balaban J connectivity index is 2.31. The largest absolute Gasteiger partial charge is 0.400 e. The summed E-state index contributed by atoms with van der Waals surface area (Å²) in [4.78, 5) is 22.7. The number of hydrazine groups is 1. The molecule has 0 bridgehead atoms. The first-order chi connectivity index (χ1) is 15.1. The van der Waals surface area contributed by atoms with Gasteiger partial charge in [-0.1, -0.05) is 18.2 Å². The highest BCUT2D eigenvalue weighted by molar-refractivity contribution is 7.72. The summed E-state index contributed by atoms with van der Waals surface area (Å²) in [5, 5.41) is 14.9. The van der Waals surface area contributed by atoms with Crippen LogP contribution < -0.4 is 16.3 Å². The molecule has 2 rings (SSSR count). The van der Waals surface area contributed by atoms with Crippen molar-refractivity contribution in [3.05, 3.63) is 70.3 Å². The van der Waals surface area contributed by atoms with Gasteiger partial charge in [0.2, 0.25) is 0 Å². The number of anilines is 1. The molecule has 0 heterocycles. The maximum Gasteiger partial charge on any atom is 0.400 e. The fraction of sp³-hybridized carbons (Fsp3) is 0.300. The van der Waals surface area contributed by atoms with Crippen molar-refractivity contribution in [3.63, 3.8) is 0 Å². The molecule has 172 valence electrons. The van der Waals surface area contributed by atoms with Crippen molar-refractivity contribution in [1.29, 1.82) is 0 Å². The van der Waals surface area contributed by atoms with Gasteiger partial charge in [-0.3, -0.25) is 35.8 Å². The third kappa shape index (κ3) is 7.45. The lowest BCUT2D eigenvalue weighted by molar-refractivity contribution is -0.384. The minimum absolute atomic E-state index is 0.0926. The maximum atomic E-state index is 13.5. The Bertz CT molecular complexity index is 981. The SMILES string of the molecule is CC(C)OP(=O)(OC(C)C)/C(=N/Nc1ccc([N+](=O)[O-])cc1)NNC(=O)c1ccccc1. The Morgan fingerprint density at radius 1 is 0.969 bits per heavy atom. The van der Waals surface area contributed by atoms with Gasteiger partial charge in [-0.05, 0) is 52.0 Å². The molecule has 0 aliphatic heterocycles. The van der Waals surface area contributed by atoms with E-state index in [1.807, 2.05) is 0 Å². The van der Waals surface area contributed by atoms with E-state index in [-0.39, 0.29) is 11.3 Å². The van der Waals surface area contributed by atoms with E-state index in [4.69, 9.17) is 9.05 Å². The molecular weight excluding hydrogens is 437 g/mol. The molecular formula is C20H26N5O6P. The van der Waals surface area contributed by atoms with Crippen molar-refractivity contribution in [2.24, 2.45) is 5.10 Å². The molecule has 0 aromatic heterocycles. The Hall–Kier alpha value is -3.27. The number of nitro groups is 1. The molecule has 3 N–H and O–H groups in total. The number of carbonyl (C=O) groups is 1. The number of amidine groups is 1. The van der Waals surface area contributed by atoms with E-state index in [0.29, 0.717) is 11.3 Å². The summed E-state index contributed by atoms with van der Waals surface area (Å²) in [6.45, 7) is 6.72. The number of nitro benzene ring substituents is 1. The lowest BCUT2D eigenvalue weighted by Gasteiger charge is -2.24. The van der Waals surface area contributed by atoms with Crippen LogP contribution in [0.2, 0.25) is 0 Å². The quantitative estimate of drug-likeness (QED) is 0.165. The van der Waals surface area contributed by atoms with Gasteiger partial charge in [-0.2, -0.15) is 0 Å². The monoisotopic (exact) mass is 463 g/mol. The molecule has 0 spiro atoms. The fourth-order valence-electron chi connectivity index (χ4n) is 2.39. The molecule has 1 amide bonds. The fourth-order valence-corrected chi connectivity index (χ4v) is 4.11. The molecule has 0 fully saturated rings. The van der Waals surface area contributed by atoms with Crippen LogP contribution in [-0.4, -0.2) is 28.6 Å². The first kappa shape index (κ1) is 25.0. The molecule has 0 aliphatic rings. The van der Waals surface area contributed by atoms with E-state index >= 15 is 0 Å². The third-order valence-corrected chi connectivity index (χ3v) is 5.78. The van der Waals surface area contributed by atoms with Gasteiger partial charge >= 0.3 is 7.60 Å². The summed E-state index contributed by atoms with van der Waals surface area (Å²) in [6.07, 6.45) is -0.952. The number of hydrazone groups is 1. The third-order valence-electron chi connectivity index (χ3n) is 3.65. The topological polar surface area (TPSA) is 144 Å². The summed E-state index contributed by atoms with van der Waals surface area (Å²) < 4.78 is 24.6. The predicted molar refractivity (Wildman–Crippen MR) is 121 cm³/mol. The molecule has 12 heteroatoms. The van der Waals surface area contributed by atoms with E-state index in [0.717, 1.165) is 0 Å². The Morgan fingerprint density at radius 3 is 2.03 bits per heavy atom. The molecule has 2 aromatic rings. The number of carbonyl (C=O) groups excluding carboxylic acids is 1. The van der Waals surface area contributed by atoms with E-state index < -0.39 is 30.6 Å². The molecule has 2 aromatic carbocycles. The highest BCUT2D eigenvalue weighted by Crippen LogP contribution is 2.51. The maximum absolute atomic E-state index is 13.5. The first-order valence-corrected chi connectivity index (χ1v) is 11.3. The van der Waals surface area contributed by atoms with Gasteiger partial charge in [0.15, 0.2) is 0 Å². The molecule has 0 saturated carbocycles. The molecule has 11 nitrogen and oxygen atoms in total. The van der Waals surface area contributed by atoms with Crippen LogP contribution in [0.25, 0.3) is 0 Å². The second-order valence-corrected chi connectivity index (χ2v) is 8.94. The lowest BCUT2D eigenvalue weighted by atomic mass is 10.2. The van der Waals surface area contributed by atoms with Gasteiger partial charge in [-0.15, -0.1) is 5.10 Å². The van der Waals surface area contributed by atoms with Crippen LogP contribution in [0.4, 0.5) is 11.4 Å².